The standard InChI is InChI=1S/C15H18BrNO2/c1-10(11-3-5-12(16)6-4-11)15(2)7-13(17-9-15)14(19)8-18/h3-6,8,10,13,17H,7,9H2,1-2H3/t10-,13?,15+/m1/s1. The van der Waals surface area contributed by atoms with Crippen molar-refractivity contribution in [2.45, 2.75) is 32.2 Å². The van der Waals surface area contributed by atoms with Crippen LogP contribution in [-0.4, -0.2) is 24.7 Å². The molecule has 3 nitrogen and oxygen atoms in total. The molecule has 1 N–H and O–H groups in total. The Labute approximate surface area is 121 Å². The van der Waals surface area contributed by atoms with Gasteiger partial charge in [0.05, 0.1) is 6.04 Å². The van der Waals surface area contributed by atoms with E-state index in [1.807, 2.05) is 12.1 Å². The summed E-state index contributed by atoms with van der Waals surface area (Å²) in [5.74, 6) is -0.00992. The fraction of sp³-hybridized carbons (Fsp3) is 0.467. The predicted octanol–water partition coefficient (Wildman–Crippen LogP) is 2.69. The molecular formula is C15H18BrNO2. The van der Waals surface area contributed by atoms with Crippen LogP contribution in [0.3, 0.4) is 0 Å². The summed E-state index contributed by atoms with van der Waals surface area (Å²) >= 11 is 3.43. The molecule has 0 aliphatic carbocycles. The molecular weight excluding hydrogens is 306 g/mol. The molecule has 1 heterocycles. The Kier molecular flexibility index (Phi) is 4.21. The monoisotopic (exact) mass is 323 g/mol. The number of aldehydes is 1. The van der Waals surface area contributed by atoms with Gasteiger partial charge in [-0.05, 0) is 35.4 Å². The Bertz CT molecular complexity index is 485. The van der Waals surface area contributed by atoms with Gasteiger partial charge in [-0.15, -0.1) is 0 Å². The molecule has 19 heavy (non-hydrogen) atoms. The van der Waals surface area contributed by atoms with Crippen molar-refractivity contribution in [1.82, 2.24) is 5.32 Å². The van der Waals surface area contributed by atoms with Crippen LogP contribution in [0.5, 0.6) is 0 Å². The first kappa shape index (κ1) is 14.4. The molecule has 0 amide bonds. The fourth-order valence-corrected chi connectivity index (χ4v) is 3.00. The quantitative estimate of drug-likeness (QED) is 0.684. The predicted molar refractivity (Wildman–Crippen MR) is 78.1 cm³/mol. The number of hydrogen-bond donors (Lipinski definition) is 1. The first-order chi connectivity index (χ1) is 8.96. The largest absolute Gasteiger partial charge is 0.306 e. The molecule has 3 atom stereocenters. The number of hydrogen-bond acceptors (Lipinski definition) is 3. The molecule has 1 aromatic carbocycles. The highest BCUT2D eigenvalue weighted by atomic mass is 79.9. The molecule has 1 saturated heterocycles. The lowest BCUT2D eigenvalue weighted by molar-refractivity contribution is -0.131. The number of benzene rings is 1. The smallest absolute Gasteiger partial charge is 0.212 e. The molecule has 1 aliphatic heterocycles. The second-order valence-electron chi connectivity index (χ2n) is 5.59. The minimum Gasteiger partial charge on any atom is -0.306 e. The third-order valence-electron chi connectivity index (χ3n) is 4.30. The Balaban J connectivity index is 2.15. The SMILES string of the molecule is C[C@H](c1ccc(Br)cc1)[C@]1(C)CNC(C(=O)C=O)C1. The van der Waals surface area contributed by atoms with E-state index < -0.39 is 0 Å². The Morgan fingerprint density at radius 2 is 2.11 bits per heavy atom. The molecule has 0 radical (unpaired) electrons. The van der Waals surface area contributed by atoms with Gasteiger partial charge in [-0.1, -0.05) is 41.9 Å². The molecule has 0 spiro atoms. The summed E-state index contributed by atoms with van der Waals surface area (Å²) in [6.07, 6.45) is 1.13. The summed E-state index contributed by atoms with van der Waals surface area (Å²) in [6, 6.07) is 7.96. The highest BCUT2D eigenvalue weighted by molar-refractivity contribution is 9.10. The van der Waals surface area contributed by atoms with Crippen LogP contribution in [0.25, 0.3) is 0 Å². The Morgan fingerprint density at radius 1 is 1.47 bits per heavy atom. The van der Waals surface area contributed by atoms with Crippen molar-refractivity contribution in [1.29, 1.82) is 0 Å². The van der Waals surface area contributed by atoms with E-state index in [0.717, 1.165) is 11.0 Å². The number of rotatable bonds is 4. The van der Waals surface area contributed by atoms with Crippen LogP contribution in [0.1, 0.15) is 31.7 Å². The molecule has 1 aliphatic rings. The lowest BCUT2D eigenvalue weighted by Gasteiger charge is -2.31. The van der Waals surface area contributed by atoms with Crippen molar-refractivity contribution in [3.63, 3.8) is 0 Å². The van der Waals surface area contributed by atoms with Crippen LogP contribution < -0.4 is 5.32 Å². The minimum atomic E-state index is -0.341. The van der Waals surface area contributed by atoms with E-state index in [9.17, 15) is 9.59 Å². The maximum Gasteiger partial charge on any atom is 0.212 e. The first-order valence-corrected chi connectivity index (χ1v) is 7.23. The average Bonchev–Trinajstić information content (AvgIpc) is 2.82. The van der Waals surface area contributed by atoms with Crippen LogP contribution in [0.15, 0.2) is 28.7 Å². The van der Waals surface area contributed by atoms with Crippen molar-refractivity contribution in [3.8, 4) is 0 Å². The van der Waals surface area contributed by atoms with Gasteiger partial charge in [-0.3, -0.25) is 9.59 Å². The van der Waals surface area contributed by atoms with Crippen LogP contribution in [-0.2, 0) is 9.59 Å². The number of ketones is 1. The number of carbonyl (C=O) groups is 2. The van der Waals surface area contributed by atoms with E-state index in [0.29, 0.717) is 18.6 Å². The maximum atomic E-state index is 11.5. The Morgan fingerprint density at radius 3 is 2.68 bits per heavy atom. The number of nitrogens with one attached hydrogen (secondary N) is 1. The van der Waals surface area contributed by atoms with Crippen LogP contribution in [0, 0.1) is 5.41 Å². The zero-order chi connectivity index (χ0) is 14.0. The summed E-state index contributed by atoms with van der Waals surface area (Å²) in [6.45, 7) is 5.11. The minimum absolute atomic E-state index is 0.00281. The molecule has 0 aromatic heterocycles. The number of Topliss-reactive ketones (excluding diaryl/α,β-unsaturated/α-hetero) is 1. The lowest BCUT2D eigenvalue weighted by atomic mass is 9.73. The summed E-state index contributed by atoms with van der Waals surface area (Å²) in [5, 5.41) is 3.17. The molecule has 1 fully saturated rings. The fourth-order valence-electron chi connectivity index (χ4n) is 2.73. The van der Waals surface area contributed by atoms with E-state index in [4.69, 9.17) is 0 Å². The summed E-state index contributed by atoms with van der Waals surface area (Å²) < 4.78 is 1.06. The van der Waals surface area contributed by atoms with E-state index in [1.54, 1.807) is 0 Å². The summed E-state index contributed by atoms with van der Waals surface area (Å²) in [7, 11) is 0. The normalized spacial score (nSPS) is 28.1. The van der Waals surface area contributed by atoms with Gasteiger partial charge in [0.2, 0.25) is 5.78 Å². The van der Waals surface area contributed by atoms with Gasteiger partial charge in [0.1, 0.15) is 0 Å². The van der Waals surface area contributed by atoms with Gasteiger partial charge >= 0.3 is 0 Å². The maximum absolute atomic E-state index is 11.5. The molecule has 102 valence electrons. The van der Waals surface area contributed by atoms with Crippen molar-refractivity contribution < 1.29 is 9.59 Å². The Hall–Kier alpha value is -1.00. The molecule has 1 aromatic rings. The molecule has 0 saturated carbocycles. The van der Waals surface area contributed by atoms with Crippen molar-refractivity contribution in [3.05, 3.63) is 34.3 Å². The van der Waals surface area contributed by atoms with Crippen LogP contribution >= 0.6 is 15.9 Å². The second kappa shape index (κ2) is 5.55. The third-order valence-corrected chi connectivity index (χ3v) is 4.83. The average molecular weight is 324 g/mol. The van der Waals surface area contributed by atoms with Crippen LogP contribution in [0.4, 0.5) is 0 Å². The van der Waals surface area contributed by atoms with Crippen LogP contribution in [0.2, 0.25) is 0 Å². The zero-order valence-corrected chi connectivity index (χ0v) is 12.7. The van der Waals surface area contributed by atoms with Gasteiger partial charge < -0.3 is 5.32 Å². The van der Waals surface area contributed by atoms with Gasteiger partial charge in [0, 0.05) is 11.0 Å². The summed E-state index contributed by atoms with van der Waals surface area (Å²) in [5.41, 5.74) is 1.25. The third kappa shape index (κ3) is 2.95. The van der Waals surface area contributed by atoms with E-state index in [2.05, 4.69) is 47.2 Å². The molecule has 4 heteroatoms. The van der Waals surface area contributed by atoms with E-state index in [-0.39, 0.29) is 17.2 Å². The molecule has 1 unspecified atom stereocenters. The van der Waals surface area contributed by atoms with Gasteiger partial charge in [-0.2, -0.15) is 0 Å². The van der Waals surface area contributed by atoms with Gasteiger partial charge in [0.15, 0.2) is 6.29 Å². The van der Waals surface area contributed by atoms with Crippen molar-refractivity contribution in [2.75, 3.05) is 6.54 Å². The van der Waals surface area contributed by atoms with Gasteiger partial charge in [-0.25, -0.2) is 0 Å². The summed E-state index contributed by atoms with van der Waals surface area (Å²) in [4.78, 5) is 22.1. The van der Waals surface area contributed by atoms with Crippen molar-refractivity contribution >= 4 is 28.0 Å². The van der Waals surface area contributed by atoms with E-state index >= 15 is 0 Å². The lowest BCUT2D eigenvalue weighted by Crippen LogP contribution is -2.31. The van der Waals surface area contributed by atoms with Crippen molar-refractivity contribution in [2.24, 2.45) is 5.41 Å². The second-order valence-corrected chi connectivity index (χ2v) is 6.50. The topological polar surface area (TPSA) is 46.2 Å². The zero-order valence-electron chi connectivity index (χ0n) is 11.2. The van der Waals surface area contributed by atoms with E-state index in [1.165, 1.54) is 5.56 Å². The molecule has 0 bridgehead atoms. The molecule has 2 rings (SSSR count). The van der Waals surface area contributed by atoms with Gasteiger partial charge in [0.25, 0.3) is 0 Å². The number of carbonyl (C=O) groups excluding carboxylic acids is 2. The first-order valence-electron chi connectivity index (χ1n) is 6.44. The number of halogens is 1. The highest BCUT2D eigenvalue weighted by Gasteiger charge is 2.41. The highest BCUT2D eigenvalue weighted by Crippen LogP contribution is 2.42.